The first kappa shape index (κ1) is 17.6. The molecule has 1 aromatic heterocycles. The summed E-state index contributed by atoms with van der Waals surface area (Å²) in [6, 6.07) is 16.2. The van der Waals surface area contributed by atoms with Crippen molar-refractivity contribution in [3.63, 3.8) is 0 Å². The van der Waals surface area contributed by atoms with Gasteiger partial charge < -0.3 is 4.90 Å². The molecule has 1 fully saturated rings. The van der Waals surface area contributed by atoms with Crippen LogP contribution in [0.2, 0.25) is 0 Å². The van der Waals surface area contributed by atoms with Crippen LogP contribution in [0.15, 0.2) is 54.7 Å². The molecule has 27 heavy (non-hydrogen) atoms. The lowest BCUT2D eigenvalue weighted by Gasteiger charge is -2.22. The molecule has 0 spiro atoms. The predicted octanol–water partition coefficient (Wildman–Crippen LogP) is 3.29. The Hall–Kier alpha value is -2.79. The van der Waals surface area contributed by atoms with Crippen molar-refractivity contribution in [2.75, 3.05) is 26.2 Å². The zero-order valence-corrected chi connectivity index (χ0v) is 15.6. The van der Waals surface area contributed by atoms with Gasteiger partial charge in [-0.25, -0.2) is 4.98 Å². The second-order valence-corrected chi connectivity index (χ2v) is 7.09. The first-order chi connectivity index (χ1) is 13.2. The van der Waals surface area contributed by atoms with E-state index < -0.39 is 0 Å². The molecule has 1 amide bonds. The number of hydrogen-bond donors (Lipinski definition) is 0. The van der Waals surface area contributed by atoms with Gasteiger partial charge in [-0.1, -0.05) is 36.4 Å². The lowest BCUT2D eigenvalue weighted by atomic mass is 10.1. The minimum atomic E-state index is -0.0222. The summed E-state index contributed by atoms with van der Waals surface area (Å²) >= 11 is 0. The second kappa shape index (κ2) is 7.84. The Kier molecular flexibility index (Phi) is 5.12. The van der Waals surface area contributed by atoms with Crippen molar-refractivity contribution in [1.82, 2.24) is 19.8 Å². The van der Waals surface area contributed by atoms with Crippen LogP contribution in [0, 0.1) is 6.92 Å². The molecule has 0 atom stereocenters. The number of carbonyl (C=O) groups is 1. The molecule has 3 aromatic rings. The Morgan fingerprint density at radius 2 is 1.74 bits per heavy atom. The third-order valence-corrected chi connectivity index (χ3v) is 5.20. The van der Waals surface area contributed by atoms with Crippen LogP contribution in [0.5, 0.6) is 0 Å². The van der Waals surface area contributed by atoms with Gasteiger partial charge in [0.25, 0.3) is 5.91 Å². The molecular weight excluding hydrogens is 336 g/mol. The summed E-state index contributed by atoms with van der Waals surface area (Å²) < 4.78 is 0. The average Bonchev–Trinajstić information content (AvgIpc) is 2.94. The predicted molar refractivity (Wildman–Crippen MR) is 107 cm³/mol. The van der Waals surface area contributed by atoms with E-state index in [1.54, 1.807) is 6.20 Å². The summed E-state index contributed by atoms with van der Waals surface area (Å²) in [6.45, 7) is 6.45. The van der Waals surface area contributed by atoms with Crippen LogP contribution in [0.3, 0.4) is 0 Å². The quantitative estimate of drug-likeness (QED) is 0.719. The van der Waals surface area contributed by atoms with Crippen molar-refractivity contribution >= 4 is 16.9 Å². The minimum Gasteiger partial charge on any atom is -0.336 e. The number of rotatable bonds is 3. The molecule has 0 saturated carbocycles. The maximum absolute atomic E-state index is 12.9. The van der Waals surface area contributed by atoms with Gasteiger partial charge in [0.2, 0.25) is 0 Å². The third-order valence-electron chi connectivity index (χ3n) is 5.20. The van der Waals surface area contributed by atoms with Crippen molar-refractivity contribution in [2.45, 2.75) is 19.9 Å². The van der Waals surface area contributed by atoms with E-state index in [1.807, 2.05) is 29.2 Å². The van der Waals surface area contributed by atoms with Gasteiger partial charge in [0.05, 0.1) is 17.2 Å². The van der Waals surface area contributed by atoms with Gasteiger partial charge in [-0.2, -0.15) is 0 Å². The molecule has 2 aromatic carbocycles. The number of amides is 1. The van der Waals surface area contributed by atoms with Gasteiger partial charge in [0.1, 0.15) is 5.69 Å². The Balaban J connectivity index is 1.44. The number of carbonyl (C=O) groups excluding carboxylic acids is 1. The van der Waals surface area contributed by atoms with Crippen LogP contribution in [0.1, 0.15) is 28.0 Å². The van der Waals surface area contributed by atoms with E-state index in [0.717, 1.165) is 50.2 Å². The number of nitrogens with zero attached hydrogens (tertiary/aromatic N) is 4. The molecule has 1 aliphatic rings. The first-order valence-corrected chi connectivity index (χ1v) is 9.48. The monoisotopic (exact) mass is 360 g/mol. The highest BCUT2D eigenvalue weighted by molar-refractivity contribution is 5.93. The minimum absolute atomic E-state index is 0.0222. The molecule has 2 heterocycles. The van der Waals surface area contributed by atoms with E-state index in [1.165, 1.54) is 11.1 Å². The Morgan fingerprint density at radius 1 is 0.963 bits per heavy atom. The molecule has 4 rings (SSSR count). The SMILES string of the molecule is Cc1ccccc1CN1CCCN(C(=O)c2cnc3ccccc3n2)CC1. The molecule has 5 nitrogen and oxygen atoms in total. The van der Waals surface area contributed by atoms with Gasteiger partial charge in [-0.05, 0) is 36.6 Å². The molecule has 0 bridgehead atoms. The third kappa shape index (κ3) is 3.98. The molecule has 0 aliphatic carbocycles. The first-order valence-electron chi connectivity index (χ1n) is 9.48. The molecule has 1 saturated heterocycles. The number of aromatic nitrogens is 2. The van der Waals surface area contributed by atoms with E-state index in [2.05, 4.69) is 46.1 Å². The van der Waals surface area contributed by atoms with Crippen LogP contribution in [-0.4, -0.2) is 51.9 Å². The van der Waals surface area contributed by atoms with Crippen LogP contribution >= 0.6 is 0 Å². The van der Waals surface area contributed by atoms with Crippen LogP contribution in [0.4, 0.5) is 0 Å². The molecule has 1 aliphatic heterocycles. The summed E-state index contributed by atoms with van der Waals surface area (Å²) in [5.41, 5.74) is 4.69. The summed E-state index contributed by atoms with van der Waals surface area (Å²) in [7, 11) is 0. The molecule has 0 radical (unpaired) electrons. The normalized spacial score (nSPS) is 15.7. The number of benzene rings is 2. The highest BCUT2D eigenvalue weighted by Crippen LogP contribution is 2.15. The van der Waals surface area contributed by atoms with Gasteiger partial charge in [-0.15, -0.1) is 0 Å². The van der Waals surface area contributed by atoms with Gasteiger partial charge >= 0.3 is 0 Å². The fourth-order valence-corrected chi connectivity index (χ4v) is 3.58. The molecule has 0 unspecified atom stereocenters. The number of fused-ring (bicyclic) bond motifs is 1. The molecule has 138 valence electrons. The maximum atomic E-state index is 12.9. The Morgan fingerprint density at radius 3 is 2.59 bits per heavy atom. The van der Waals surface area contributed by atoms with Crippen molar-refractivity contribution in [3.8, 4) is 0 Å². The molecule has 5 heteroatoms. The Labute approximate surface area is 159 Å². The summed E-state index contributed by atoms with van der Waals surface area (Å²) in [4.78, 5) is 26.2. The zero-order chi connectivity index (χ0) is 18.6. The van der Waals surface area contributed by atoms with Crippen molar-refractivity contribution in [3.05, 3.63) is 71.5 Å². The Bertz CT molecular complexity index is 956. The number of hydrogen-bond acceptors (Lipinski definition) is 4. The average molecular weight is 360 g/mol. The van der Waals surface area contributed by atoms with Gasteiger partial charge in [0, 0.05) is 32.7 Å². The van der Waals surface area contributed by atoms with Crippen LogP contribution < -0.4 is 0 Å². The van der Waals surface area contributed by atoms with Crippen molar-refractivity contribution < 1.29 is 4.79 Å². The lowest BCUT2D eigenvalue weighted by molar-refractivity contribution is 0.0755. The van der Waals surface area contributed by atoms with Crippen LogP contribution in [-0.2, 0) is 6.54 Å². The summed E-state index contributed by atoms with van der Waals surface area (Å²) in [5.74, 6) is -0.0222. The topological polar surface area (TPSA) is 49.3 Å². The standard InChI is InChI=1S/C22H24N4O/c1-17-7-2-3-8-18(17)16-25-11-6-12-26(14-13-25)22(27)21-15-23-19-9-4-5-10-20(19)24-21/h2-5,7-10,15H,6,11-14,16H2,1H3. The van der Waals surface area contributed by atoms with Crippen molar-refractivity contribution in [2.24, 2.45) is 0 Å². The number of para-hydroxylation sites is 2. The van der Waals surface area contributed by atoms with Crippen molar-refractivity contribution in [1.29, 1.82) is 0 Å². The number of aryl methyl sites for hydroxylation is 1. The second-order valence-electron chi connectivity index (χ2n) is 7.09. The highest BCUT2D eigenvalue weighted by Gasteiger charge is 2.22. The summed E-state index contributed by atoms with van der Waals surface area (Å²) in [6.07, 6.45) is 2.57. The van der Waals surface area contributed by atoms with Gasteiger partial charge in [0.15, 0.2) is 0 Å². The van der Waals surface area contributed by atoms with Crippen LogP contribution in [0.25, 0.3) is 11.0 Å². The van der Waals surface area contributed by atoms with E-state index in [4.69, 9.17) is 0 Å². The largest absolute Gasteiger partial charge is 0.336 e. The summed E-state index contributed by atoms with van der Waals surface area (Å²) in [5, 5.41) is 0. The molecular formula is C22H24N4O. The van der Waals surface area contributed by atoms with E-state index in [0.29, 0.717) is 5.69 Å². The maximum Gasteiger partial charge on any atom is 0.274 e. The smallest absolute Gasteiger partial charge is 0.274 e. The highest BCUT2D eigenvalue weighted by atomic mass is 16.2. The fourth-order valence-electron chi connectivity index (χ4n) is 3.58. The lowest BCUT2D eigenvalue weighted by Crippen LogP contribution is -2.35. The van der Waals surface area contributed by atoms with E-state index in [-0.39, 0.29) is 5.91 Å². The van der Waals surface area contributed by atoms with E-state index >= 15 is 0 Å². The van der Waals surface area contributed by atoms with Gasteiger partial charge in [-0.3, -0.25) is 14.7 Å². The molecule has 0 N–H and O–H groups in total. The zero-order valence-electron chi connectivity index (χ0n) is 15.6. The fraction of sp³-hybridized carbons (Fsp3) is 0.318. The van der Waals surface area contributed by atoms with E-state index in [9.17, 15) is 4.79 Å².